The van der Waals surface area contributed by atoms with Gasteiger partial charge in [0, 0.05) is 7.05 Å². The van der Waals surface area contributed by atoms with Gasteiger partial charge in [-0.3, -0.25) is 4.84 Å². The number of aliphatic hydroxyl groups excluding tert-OH is 1. The highest BCUT2D eigenvalue weighted by atomic mass is 16.7. The van der Waals surface area contributed by atoms with Crippen LogP contribution in [0.5, 0.6) is 0 Å². The first-order chi connectivity index (χ1) is 10.3. The Balaban J connectivity index is 2.11. The lowest BCUT2D eigenvalue weighted by Gasteiger charge is -2.29. The highest BCUT2D eigenvalue weighted by Crippen LogP contribution is 2.25. The van der Waals surface area contributed by atoms with Crippen molar-refractivity contribution in [2.24, 2.45) is 0 Å². The van der Waals surface area contributed by atoms with Crippen molar-refractivity contribution in [2.75, 3.05) is 13.7 Å². The van der Waals surface area contributed by atoms with Crippen LogP contribution in [-0.4, -0.2) is 23.8 Å². The van der Waals surface area contributed by atoms with Gasteiger partial charge in [0.25, 0.3) is 0 Å². The number of hydroxylamine groups is 2. The van der Waals surface area contributed by atoms with Gasteiger partial charge < -0.3 is 5.11 Å². The Bertz CT molecular complexity index is 542. The first-order valence-corrected chi connectivity index (χ1v) is 6.99. The van der Waals surface area contributed by atoms with Crippen molar-refractivity contribution in [3.8, 4) is 0 Å². The van der Waals surface area contributed by atoms with Gasteiger partial charge in [-0.1, -0.05) is 66.7 Å². The molecule has 1 unspecified atom stereocenters. The monoisotopic (exact) mass is 283 g/mol. The average Bonchev–Trinajstić information content (AvgIpc) is 2.55. The first-order valence-electron chi connectivity index (χ1n) is 6.99. The van der Waals surface area contributed by atoms with E-state index in [2.05, 4.69) is 6.58 Å². The molecule has 21 heavy (non-hydrogen) atoms. The van der Waals surface area contributed by atoms with Crippen LogP contribution in [0.3, 0.4) is 0 Å². The fraction of sp³-hybridized carbons (Fsp3) is 0.222. The number of hydrogen-bond acceptors (Lipinski definition) is 3. The van der Waals surface area contributed by atoms with E-state index < -0.39 is 0 Å². The van der Waals surface area contributed by atoms with E-state index in [9.17, 15) is 5.11 Å². The van der Waals surface area contributed by atoms with E-state index in [0.29, 0.717) is 0 Å². The van der Waals surface area contributed by atoms with Gasteiger partial charge in [0.2, 0.25) is 0 Å². The first kappa shape index (κ1) is 15.4. The van der Waals surface area contributed by atoms with Crippen molar-refractivity contribution in [1.82, 2.24) is 5.06 Å². The Morgan fingerprint density at radius 2 is 1.57 bits per heavy atom. The van der Waals surface area contributed by atoms with Gasteiger partial charge >= 0.3 is 0 Å². The molecule has 3 heteroatoms. The summed E-state index contributed by atoms with van der Waals surface area (Å²) in [4.78, 5) is 5.95. The number of aliphatic hydroxyl groups is 1. The van der Waals surface area contributed by atoms with Gasteiger partial charge in [0.05, 0.1) is 12.6 Å². The maximum Gasteiger partial charge on any atom is 0.122 e. The molecule has 2 aromatic carbocycles. The van der Waals surface area contributed by atoms with Crippen LogP contribution in [0.1, 0.15) is 23.3 Å². The van der Waals surface area contributed by atoms with Crippen LogP contribution < -0.4 is 0 Å². The predicted molar refractivity (Wildman–Crippen MR) is 84.5 cm³/mol. The largest absolute Gasteiger partial charge is 0.394 e. The van der Waals surface area contributed by atoms with Crippen LogP contribution in [0.15, 0.2) is 73.3 Å². The van der Waals surface area contributed by atoms with E-state index in [4.69, 9.17) is 4.84 Å². The van der Waals surface area contributed by atoms with E-state index in [1.807, 2.05) is 67.7 Å². The van der Waals surface area contributed by atoms with Gasteiger partial charge in [0.15, 0.2) is 0 Å². The minimum Gasteiger partial charge on any atom is -0.394 e. The lowest BCUT2D eigenvalue weighted by molar-refractivity contribution is -0.202. The highest BCUT2D eigenvalue weighted by molar-refractivity contribution is 5.21. The molecule has 0 bridgehead atoms. The molecule has 110 valence electrons. The Kier molecular flexibility index (Phi) is 5.69. The van der Waals surface area contributed by atoms with E-state index in [-0.39, 0.29) is 18.8 Å². The lowest BCUT2D eigenvalue weighted by Crippen LogP contribution is -2.29. The van der Waals surface area contributed by atoms with E-state index in [1.54, 1.807) is 11.1 Å². The summed E-state index contributed by atoms with van der Waals surface area (Å²) < 4.78 is 0. The van der Waals surface area contributed by atoms with E-state index in [0.717, 1.165) is 11.1 Å². The molecule has 0 saturated carbocycles. The molecule has 0 fully saturated rings. The van der Waals surface area contributed by atoms with Crippen molar-refractivity contribution in [3.63, 3.8) is 0 Å². The van der Waals surface area contributed by atoms with Gasteiger partial charge in [-0.05, 0) is 11.1 Å². The average molecular weight is 283 g/mol. The molecule has 0 aromatic heterocycles. The maximum absolute atomic E-state index is 9.66. The van der Waals surface area contributed by atoms with Crippen molar-refractivity contribution < 1.29 is 9.94 Å². The molecule has 0 aliphatic rings. The summed E-state index contributed by atoms with van der Waals surface area (Å²) in [5.74, 6) is 0. The Labute approximate surface area is 126 Å². The molecular weight excluding hydrogens is 262 g/mol. The molecule has 0 aliphatic carbocycles. The standard InChI is InChI=1S/C18H21NO2/c1-3-18(16-12-8-5-9-13-16)21-19(2)17(14-20)15-10-6-4-7-11-15/h3-13,17-18,20H,1,14H2,2H3/t17-,18?/m0/s1. The zero-order valence-corrected chi connectivity index (χ0v) is 12.2. The molecular formula is C18H21NO2. The fourth-order valence-electron chi connectivity index (χ4n) is 2.24. The van der Waals surface area contributed by atoms with Crippen molar-refractivity contribution in [3.05, 3.63) is 84.4 Å². The van der Waals surface area contributed by atoms with E-state index >= 15 is 0 Å². The summed E-state index contributed by atoms with van der Waals surface area (Å²) in [7, 11) is 1.83. The normalized spacial score (nSPS) is 13.9. The third-order valence-corrected chi connectivity index (χ3v) is 3.42. The quantitative estimate of drug-likeness (QED) is 0.623. The smallest absolute Gasteiger partial charge is 0.122 e. The summed E-state index contributed by atoms with van der Waals surface area (Å²) in [5.41, 5.74) is 2.04. The third-order valence-electron chi connectivity index (χ3n) is 3.42. The lowest BCUT2D eigenvalue weighted by atomic mass is 10.1. The molecule has 0 heterocycles. The summed E-state index contributed by atoms with van der Waals surface area (Å²) in [5, 5.41) is 11.3. The number of likely N-dealkylation sites (N-methyl/N-ethyl adjacent to an activating group) is 1. The Hall–Kier alpha value is -1.94. The molecule has 3 nitrogen and oxygen atoms in total. The summed E-state index contributed by atoms with van der Waals surface area (Å²) >= 11 is 0. The van der Waals surface area contributed by atoms with E-state index in [1.165, 1.54) is 0 Å². The second kappa shape index (κ2) is 7.74. The zero-order valence-electron chi connectivity index (χ0n) is 12.2. The fourth-order valence-corrected chi connectivity index (χ4v) is 2.24. The van der Waals surface area contributed by atoms with Crippen molar-refractivity contribution in [1.29, 1.82) is 0 Å². The topological polar surface area (TPSA) is 32.7 Å². The Morgan fingerprint density at radius 3 is 2.05 bits per heavy atom. The Morgan fingerprint density at radius 1 is 1.05 bits per heavy atom. The maximum atomic E-state index is 9.66. The van der Waals surface area contributed by atoms with Gasteiger partial charge in [-0.25, -0.2) is 0 Å². The minimum absolute atomic E-state index is 0.0147. The summed E-state index contributed by atoms with van der Waals surface area (Å²) in [6.45, 7) is 3.82. The third kappa shape index (κ3) is 4.02. The molecule has 0 radical (unpaired) electrons. The number of benzene rings is 2. The molecule has 0 saturated heterocycles. The summed E-state index contributed by atoms with van der Waals surface area (Å²) in [6.07, 6.45) is 1.51. The molecule has 0 aliphatic heterocycles. The van der Waals surface area contributed by atoms with Crippen LogP contribution in [0.4, 0.5) is 0 Å². The minimum atomic E-state index is -0.242. The molecule has 2 aromatic rings. The second-order valence-electron chi connectivity index (χ2n) is 4.83. The number of nitrogens with zero attached hydrogens (tertiary/aromatic N) is 1. The van der Waals surface area contributed by atoms with Crippen LogP contribution in [0.2, 0.25) is 0 Å². The molecule has 2 rings (SSSR count). The van der Waals surface area contributed by atoms with Gasteiger partial charge in [-0.2, -0.15) is 5.06 Å². The summed E-state index contributed by atoms with van der Waals surface area (Å²) in [6, 6.07) is 19.5. The van der Waals surface area contributed by atoms with Gasteiger partial charge in [-0.15, -0.1) is 6.58 Å². The predicted octanol–water partition coefficient (Wildman–Crippen LogP) is 3.51. The molecule has 1 N–H and O–H groups in total. The zero-order chi connectivity index (χ0) is 15.1. The number of hydrogen-bond donors (Lipinski definition) is 1. The van der Waals surface area contributed by atoms with Crippen LogP contribution in [-0.2, 0) is 4.84 Å². The molecule has 0 spiro atoms. The van der Waals surface area contributed by atoms with Crippen molar-refractivity contribution >= 4 is 0 Å². The van der Waals surface area contributed by atoms with Gasteiger partial charge in [0.1, 0.15) is 6.10 Å². The second-order valence-corrected chi connectivity index (χ2v) is 4.83. The van der Waals surface area contributed by atoms with Crippen molar-refractivity contribution in [2.45, 2.75) is 12.1 Å². The molecule has 0 amide bonds. The van der Waals surface area contributed by atoms with Crippen LogP contribution >= 0.6 is 0 Å². The number of rotatable bonds is 7. The van der Waals surface area contributed by atoms with Crippen LogP contribution in [0.25, 0.3) is 0 Å². The van der Waals surface area contributed by atoms with Crippen LogP contribution in [0, 0.1) is 0 Å². The SMILES string of the molecule is C=CC(ON(C)[C@@H](CO)c1ccccc1)c1ccccc1. The highest BCUT2D eigenvalue weighted by Gasteiger charge is 2.20. The molecule has 2 atom stereocenters.